The van der Waals surface area contributed by atoms with Crippen molar-refractivity contribution in [1.82, 2.24) is 5.32 Å². The van der Waals surface area contributed by atoms with Gasteiger partial charge in [0.2, 0.25) is 0 Å². The lowest BCUT2D eigenvalue weighted by atomic mass is 10.2. The van der Waals surface area contributed by atoms with Gasteiger partial charge in [-0.05, 0) is 31.5 Å². The zero-order valence-electron chi connectivity index (χ0n) is 12.2. The molecule has 0 fully saturated rings. The largest absolute Gasteiger partial charge is 0.491 e. The summed E-state index contributed by atoms with van der Waals surface area (Å²) >= 11 is 0. The van der Waals surface area contributed by atoms with E-state index in [9.17, 15) is 5.11 Å². The third-order valence-electron chi connectivity index (χ3n) is 3.11. The van der Waals surface area contributed by atoms with Crippen molar-refractivity contribution in [2.75, 3.05) is 19.7 Å². The molecular formula is C16H27NO2. The fraction of sp³-hybridized carbons (Fsp3) is 0.625. The predicted octanol–water partition coefficient (Wildman–Crippen LogP) is 2.90. The van der Waals surface area contributed by atoms with Crippen LogP contribution < -0.4 is 10.1 Å². The maximum absolute atomic E-state index is 9.82. The summed E-state index contributed by atoms with van der Waals surface area (Å²) in [7, 11) is 0. The highest BCUT2D eigenvalue weighted by atomic mass is 16.5. The summed E-state index contributed by atoms with van der Waals surface area (Å²) in [5.41, 5.74) is 1.10. The number of ether oxygens (including phenoxy) is 1. The molecular weight excluding hydrogens is 238 g/mol. The minimum Gasteiger partial charge on any atom is -0.491 e. The number of aliphatic hydroxyl groups excluding tert-OH is 1. The van der Waals surface area contributed by atoms with Crippen LogP contribution in [0.3, 0.4) is 0 Å². The van der Waals surface area contributed by atoms with Crippen LogP contribution in [0.2, 0.25) is 0 Å². The average molecular weight is 265 g/mol. The SMILES string of the molecule is CCCCCCNC[C@H](O)COc1ccccc1C. The smallest absolute Gasteiger partial charge is 0.122 e. The maximum atomic E-state index is 9.82. The average Bonchev–Trinajstić information content (AvgIpc) is 2.42. The van der Waals surface area contributed by atoms with E-state index in [4.69, 9.17) is 4.74 Å². The third-order valence-corrected chi connectivity index (χ3v) is 3.11. The first kappa shape index (κ1) is 16.0. The summed E-state index contributed by atoms with van der Waals surface area (Å²) in [6.07, 6.45) is 4.54. The van der Waals surface area contributed by atoms with E-state index in [0.717, 1.165) is 17.9 Å². The number of nitrogens with one attached hydrogen (secondary N) is 1. The highest BCUT2D eigenvalue weighted by molar-refractivity contribution is 5.31. The summed E-state index contributed by atoms with van der Waals surface area (Å²) in [6, 6.07) is 7.87. The first-order valence-electron chi connectivity index (χ1n) is 7.31. The zero-order valence-corrected chi connectivity index (χ0v) is 12.2. The molecule has 0 radical (unpaired) electrons. The molecule has 1 atom stereocenters. The molecule has 2 N–H and O–H groups in total. The Bertz CT molecular complexity index is 341. The molecule has 0 aliphatic heterocycles. The molecule has 0 saturated heterocycles. The summed E-state index contributed by atoms with van der Waals surface area (Å²) in [5, 5.41) is 13.1. The number of hydrogen-bond donors (Lipinski definition) is 2. The van der Waals surface area contributed by atoms with Crippen LogP contribution in [0, 0.1) is 6.92 Å². The van der Waals surface area contributed by atoms with Crippen molar-refractivity contribution < 1.29 is 9.84 Å². The second kappa shape index (κ2) is 9.82. The molecule has 0 aromatic heterocycles. The Balaban J connectivity index is 2.08. The van der Waals surface area contributed by atoms with E-state index in [-0.39, 0.29) is 0 Å². The van der Waals surface area contributed by atoms with Crippen LogP contribution in [0.15, 0.2) is 24.3 Å². The number of para-hydroxylation sites is 1. The van der Waals surface area contributed by atoms with Crippen LogP contribution in [0.4, 0.5) is 0 Å². The van der Waals surface area contributed by atoms with Gasteiger partial charge in [-0.1, -0.05) is 44.4 Å². The van der Waals surface area contributed by atoms with Crippen molar-refractivity contribution in [2.45, 2.75) is 45.6 Å². The third kappa shape index (κ3) is 7.19. The standard InChI is InChI=1S/C16H27NO2/c1-3-4-5-8-11-17-12-15(18)13-19-16-10-7-6-9-14(16)2/h6-7,9-10,15,17-18H,3-5,8,11-13H2,1-2H3/t15-/m0/s1. The second-order valence-corrected chi connectivity index (χ2v) is 5.00. The summed E-state index contributed by atoms with van der Waals surface area (Å²) in [5.74, 6) is 0.851. The Hall–Kier alpha value is -1.06. The molecule has 0 heterocycles. The molecule has 3 nitrogen and oxygen atoms in total. The van der Waals surface area contributed by atoms with E-state index < -0.39 is 6.10 Å². The monoisotopic (exact) mass is 265 g/mol. The Kier molecular flexibility index (Phi) is 8.26. The quantitative estimate of drug-likeness (QED) is 0.639. The van der Waals surface area contributed by atoms with Crippen molar-refractivity contribution in [2.24, 2.45) is 0 Å². The van der Waals surface area contributed by atoms with E-state index in [1.165, 1.54) is 25.7 Å². The van der Waals surface area contributed by atoms with Gasteiger partial charge in [0.1, 0.15) is 18.5 Å². The van der Waals surface area contributed by atoms with Crippen molar-refractivity contribution in [1.29, 1.82) is 0 Å². The van der Waals surface area contributed by atoms with Gasteiger partial charge in [0.25, 0.3) is 0 Å². The van der Waals surface area contributed by atoms with E-state index in [0.29, 0.717) is 13.2 Å². The molecule has 0 saturated carbocycles. The molecule has 0 unspecified atom stereocenters. The number of benzene rings is 1. The molecule has 19 heavy (non-hydrogen) atoms. The lowest BCUT2D eigenvalue weighted by Gasteiger charge is -2.14. The van der Waals surface area contributed by atoms with E-state index >= 15 is 0 Å². The van der Waals surface area contributed by atoms with Gasteiger partial charge in [-0.25, -0.2) is 0 Å². The van der Waals surface area contributed by atoms with E-state index in [1.807, 2.05) is 31.2 Å². The van der Waals surface area contributed by atoms with Gasteiger partial charge in [-0.2, -0.15) is 0 Å². The van der Waals surface area contributed by atoms with Crippen LogP contribution in [0.5, 0.6) is 5.75 Å². The van der Waals surface area contributed by atoms with Crippen LogP contribution >= 0.6 is 0 Å². The lowest BCUT2D eigenvalue weighted by molar-refractivity contribution is 0.106. The van der Waals surface area contributed by atoms with Crippen LogP contribution in [-0.4, -0.2) is 30.9 Å². The number of aliphatic hydroxyl groups is 1. The Labute approximate surface area is 117 Å². The predicted molar refractivity (Wildman–Crippen MR) is 79.7 cm³/mol. The minimum absolute atomic E-state index is 0.340. The van der Waals surface area contributed by atoms with Gasteiger partial charge in [0, 0.05) is 6.54 Å². The molecule has 0 amide bonds. The van der Waals surface area contributed by atoms with Crippen LogP contribution in [-0.2, 0) is 0 Å². The van der Waals surface area contributed by atoms with E-state index in [2.05, 4.69) is 12.2 Å². The molecule has 1 aromatic carbocycles. The topological polar surface area (TPSA) is 41.5 Å². The molecule has 1 rings (SSSR count). The normalized spacial score (nSPS) is 12.4. The van der Waals surface area contributed by atoms with E-state index in [1.54, 1.807) is 0 Å². The summed E-state index contributed by atoms with van der Waals surface area (Å²) in [4.78, 5) is 0. The Morgan fingerprint density at radius 1 is 1.21 bits per heavy atom. The molecule has 0 aliphatic carbocycles. The molecule has 3 heteroatoms. The molecule has 1 aromatic rings. The number of hydrogen-bond acceptors (Lipinski definition) is 3. The number of aryl methyl sites for hydroxylation is 1. The second-order valence-electron chi connectivity index (χ2n) is 5.00. The van der Waals surface area contributed by atoms with Gasteiger partial charge in [0.15, 0.2) is 0 Å². The Morgan fingerprint density at radius 2 is 2.00 bits per heavy atom. The number of unbranched alkanes of at least 4 members (excludes halogenated alkanes) is 3. The minimum atomic E-state index is -0.453. The van der Waals surface area contributed by atoms with Crippen LogP contribution in [0.1, 0.15) is 38.2 Å². The zero-order chi connectivity index (χ0) is 13.9. The van der Waals surface area contributed by atoms with Crippen molar-refractivity contribution >= 4 is 0 Å². The number of rotatable bonds is 10. The van der Waals surface area contributed by atoms with Crippen LogP contribution in [0.25, 0.3) is 0 Å². The maximum Gasteiger partial charge on any atom is 0.122 e. The van der Waals surface area contributed by atoms with Gasteiger partial charge in [-0.3, -0.25) is 0 Å². The van der Waals surface area contributed by atoms with Crippen molar-refractivity contribution in [3.63, 3.8) is 0 Å². The molecule has 108 valence electrons. The molecule has 0 bridgehead atoms. The molecule has 0 spiro atoms. The van der Waals surface area contributed by atoms with Gasteiger partial charge >= 0.3 is 0 Å². The van der Waals surface area contributed by atoms with Gasteiger partial charge in [0.05, 0.1) is 0 Å². The Morgan fingerprint density at radius 3 is 2.74 bits per heavy atom. The lowest BCUT2D eigenvalue weighted by Crippen LogP contribution is -2.32. The summed E-state index contributed by atoms with van der Waals surface area (Å²) < 4.78 is 5.60. The first-order chi connectivity index (χ1) is 9.24. The van der Waals surface area contributed by atoms with Gasteiger partial charge < -0.3 is 15.2 Å². The highest BCUT2D eigenvalue weighted by Crippen LogP contribution is 2.16. The van der Waals surface area contributed by atoms with Crippen molar-refractivity contribution in [3.8, 4) is 5.75 Å². The first-order valence-corrected chi connectivity index (χ1v) is 7.31. The fourth-order valence-electron chi connectivity index (χ4n) is 1.91. The van der Waals surface area contributed by atoms with Gasteiger partial charge in [-0.15, -0.1) is 0 Å². The summed E-state index contributed by atoms with van der Waals surface area (Å²) in [6.45, 7) is 6.13. The molecule has 0 aliphatic rings. The van der Waals surface area contributed by atoms with Crippen molar-refractivity contribution in [3.05, 3.63) is 29.8 Å². The fourth-order valence-corrected chi connectivity index (χ4v) is 1.91. The highest BCUT2D eigenvalue weighted by Gasteiger charge is 2.05.